The third-order valence-electron chi connectivity index (χ3n) is 9.99. The predicted octanol–water partition coefficient (Wildman–Crippen LogP) is 4.85. The van der Waals surface area contributed by atoms with Gasteiger partial charge in [0.25, 0.3) is 0 Å². The topological polar surface area (TPSA) is 75.7 Å². The molecule has 2 aromatic rings. The summed E-state index contributed by atoms with van der Waals surface area (Å²) in [5, 5.41) is 3.25. The normalized spacial score (nSPS) is 33.7. The Morgan fingerprint density at radius 3 is 2.56 bits per heavy atom. The Bertz CT molecular complexity index is 1400. The molecule has 2 amide bonds. The van der Waals surface area contributed by atoms with Gasteiger partial charge in [-0.3, -0.25) is 14.4 Å². The molecule has 8 atom stereocenters. The summed E-state index contributed by atoms with van der Waals surface area (Å²) in [5.74, 6) is -1.91. The van der Waals surface area contributed by atoms with Crippen LogP contribution in [0.1, 0.15) is 55.4 Å². The van der Waals surface area contributed by atoms with Crippen molar-refractivity contribution < 1.29 is 23.5 Å². The highest BCUT2D eigenvalue weighted by Crippen LogP contribution is 2.55. The second kappa shape index (κ2) is 10.5. The fourth-order valence-electron chi connectivity index (χ4n) is 7.85. The van der Waals surface area contributed by atoms with Gasteiger partial charge in [-0.1, -0.05) is 86.4 Å². The Morgan fingerprint density at radius 2 is 1.83 bits per heavy atom. The SMILES string of the molecule is Cc1cc(C)cc(CC(=O)C2C3C=CC4(O3)C2C(=O)N(Cc2ccccc2F)C4C(=O)NC2CCCC(C)C2C)c1. The number of nitrogens with zero attached hydrogens (tertiary/aromatic N) is 1. The van der Waals surface area contributed by atoms with Crippen molar-refractivity contribution in [2.75, 3.05) is 0 Å². The first-order valence-corrected chi connectivity index (χ1v) is 14.9. The van der Waals surface area contributed by atoms with Crippen LogP contribution in [0.5, 0.6) is 0 Å². The maximum atomic E-state index is 14.8. The van der Waals surface area contributed by atoms with Gasteiger partial charge in [0.05, 0.1) is 17.9 Å². The van der Waals surface area contributed by atoms with E-state index in [1.165, 1.54) is 11.0 Å². The van der Waals surface area contributed by atoms with Gasteiger partial charge in [-0.2, -0.15) is 0 Å². The van der Waals surface area contributed by atoms with E-state index in [0.29, 0.717) is 17.4 Å². The first-order chi connectivity index (χ1) is 19.6. The molecule has 3 fully saturated rings. The predicted molar refractivity (Wildman–Crippen MR) is 153 cm³/mol. The van der Waals surface area contributed by atoms with Gasteiger partial charge < -0.3 is 15.0 Å². The van der Waals surface area contributed by atoms with Gasteiger partial charge in [-0.25, -0.2) is 4.39 Å². The Hall–Kier alpha value is -3.32. The summed E-state index contributed by atoms with van der Waals surface area (Å²) in [5.41, 5.74) is 2.11. The minimum absolute atomic E-state index is 0.0170. The molecule has 4 aliphatic rings. The van der Waals surface area contributed by atoms with Gasteiger partial charge >= 0.3 is 0 Å². The van der Waals surface area contributed by atoms with Crippen molar-refractivity contribution >= 4 is 17.6 Å². The van der Waals surface area contributed by atoms with Crippen molar-refractivity contribution in [3.63, 3.8) is 0 Å². The summed E-state index contributed by atoms with van der Waals surface area (Å²) in [6.07, 6.45) is 6.30. The van der Waals surface area contributed by atoms with Crippen molar-refractivity contribution in [3.05, 3.63) is 82.7 Å². The lowest BCUT2D eigenvalue weighted by Gasteiger charge is -2.38. The highest BCUT2D eigenvalue weighted by molar-refractivity contribution is 6.00. The number of aryl methyl sites for hydroxylation is 2. The first kappa shape index (κ1) is 27.8. The number of nitrogens with one attached hydrogen (secondary N) is 1. The van der Waals surface area contributed by atoms with Gasteiger partial charge in [0, 0.05) is 24.6 Å². The Morgan fingerprint density at radius 1 is 1.10 bits per heavy atom. The van der Waals surface area contributed by atoms with Crippen LogP contribution in [0.25, 0.3) is 0 Å². The number of benzene rings is 2. The smallest absolute Gasteiger partial charge is 0.246 e. The lowest BCUT2D eigenvalue weighted by Crippen LogP contribution is -2.57. The lowest BCUT2D eigenvalue weighted by molar-refractivity contribution is -0.142. The van der Waals surface area contributed by atoms with Crippen molar-refractivity contribution in [2.24, 2.45) is 23.7 Å². The molecule has 7 heteroatoms. The van der Waals surface area contributed by atoms with Gasteiger partial charge in [0.15, 0.2) is 0 Å². The number of fused-ring (bicyclic) bond motifs is 1. The summed E-state index contributed by atoms with van der Waals surface area (Å²) in [6.45, 7) is 8.29. The third kappa shape index (κ3) is 4.72. The molecule has 0 aromatic heterocycles. The van der Waals surface area contributed by atoms with Crippen molar-refractivity contribution in [1.29, 1.82) is 0 Å². The van der Waals surface area contributed by atoms with E-state index in [1.54, 1.807) is 18.2 Å². The zero-order valence-electron chi connectivity index (χ0n) is 24.2. The molecule has 6 nitrogen and oxygen atoms in total. The van der Waals surface area contributed by atoms with Crippen LogP contribution in [-0.2, 0) is 32.1 Å². The molecule has 1 saturated carbocycles. The summed E-state index contributed by atoms with van der Waals surface area (Å²) >= 11 is 0. The summed E-state index contributed by atoms with van der Waals surface area (Å²) in [4.78, 5) is 43.7. The second-order valence-electron chi connectivity index (χ2n) is 12.8. The van der Waals surface area contributed by atoms with Crippen LogP contribution >= 0.6 is 0 Å². The Balaban J connectivity index is 1.34. The summed E-state index contributed by atoms with van der Waals surface area (Å²) in [6, 6.07) is 11.3. The quantitative estimate of drug-likeness (QED) is 0.494. The molecule has 6 rings (SSSR count). The molecular formula is C34H39FN2O4. The number of likely N-dealkylation sites (tertiary alicyclic amines) is 1. The standard InChI is InChI=1S/C34H39FN2O4/c1-19-14-20(2)16-23(15-19)17-27(38)29-28-12-13-34(41-28)30(29)33(40)37(18-24-9-5-6-10-25(24)35)31(34)32(39)36-26-11-7-8-21(3)22(26)4/h5-6,9-10,12-16,21-22,26,28-31H,7-8,11,17-18H2,1-4H3,(H,36,39). The largest absolute Gasteiger partial charge is 0.359 e. The van der Waals surface area contributed by atoms with Gasteiger partial charge in [0.1, 0.15) is 23.2 Å². The number of Topliss-reactive ketones (excluding diaryl/α,β-unsaturated/α-hetero) is 1. The van der Waals surface area contributed by atoms with Crippen molar-refractivity contribution in [3.8, 4) is 0 Å². The van der Waals surface area contributed by atoms with E-state index in [9.17, 15) is 18.8 Å². The van der Waals surface area contributed by atoms with Crippen LogP contribution in [0.4, 0.5) is 4.39 Å². The number of ether oxygens (including phenoxy) is 1. The van der Waals surface area contributed by atoms with E-state index in [-0.39, 0.29) is 36.6 Å². The van der Waals surface area contributed by atoms with E-state index in [0.717, 1.165) is 36.0 Å². The van der Waals surface area contributed by atoms with Crippen molar-refractivity contribution in [2.45, 2.75) is 83.7 Å². The van der Waals surface area contributed by atoms with Crippen LogP contribution in [-0.4, -0.2) is 46.3 Å². The summed E-state index contributed by atoms with van der Waals surface area (Å²) < 4.78 is 21.3. The first-order valence-electron chi connectivity index (χ1n) is 14.9. The lowest BCUT2D eigenvalue weighted by atomic mass is 9.72. The Labute approximate surface area is 241 Å². The van der Waals surface area contributed by atoms with Crippen LogP contribution in [0, 0.1) is 43.3 Å². The van der Waals surface area contributed by atoms with E-state index >= 15 is 0 Å². The molecule has 1 spiro atoms. The average Bonchev–Trinajstić information content (AvgIpc) is 3.55. The average molecular weight is 559 g/mol. The highest BCUT2D eigenvalue weighted by atomic mass is 19.1. The van der Waals surface area contributed by atoms with Gasteiger partial charge in [0.2, 0.25) is 11.8 Å². The number of halogens is 1. The summed E-state index contributed by atoms with van der Waals surface area (Å²) in [7, 11) is 0. The molecule has 3 aliphatic heterocycles. The molecule has 0 radical (unpaired) electrons. The van der Waals surface area contributed by atoms with Gasteiger partial charge in [-0.05, 0) is 43.7 Å². The number of carbonyl (C=O) groups excluding carboxylic acids is 3. The third-order valence-corrected chi connectivity index (χ3v) is 9.99. The zero-order chi connectivity index (χ0) is 29.1. The maximum absolute atomic E-state index is 14.8. The number of ketones is 1. The monoisotopic (exact) mass is 558 g/mol. The molecule has 3 heterocycles. The van der Waals surface area contributed by atoms with Crippen LogP contribution in [0.3, 0.4) is 0 Å². The number of rotatable bonds is 7. The second-order valence-corrected chi connectivity index (χ2v) is 12.8. The molecule has 8 unspecified atom stereocenters. The maximum Gasteiger partial charge on any atom is 0.246 e. The van der Waals surface area contributed by atoms with Crippen molar-refractivity contribution in [1.82, 2.24) is 10.2 Å². The zero-order valence-corrected chi connectivity index (χ0v) is 24.2. The Kier molecular flexibility index (Phi) is 7.13. The fourth-order valence-corrected chi connectivity index (χ4v) is 7.85. The van der Waals surface area contributed by atoms with E-state index < -0.39 is 35.4 Å². The molecule has 1 aliphatic carbocycles. The molecule has 216 valence electrons. The van der Waals surface area contributed by atoms with Gasteiger partial charge in [-0.15, -0.1) is 0 Å². The number of carbonyl (C=O) groups is 3. The molecule has 2 bridgehead atoms. The fraction of sp³-hybridized carbons (Fsp3) is 0.500. The highest BCUT2D eigenvalue weighted by Gasteiger charge is 2.72. The minimum Gasteiger partial charge on any atom is -0.359 e. The van der Waals surface area contributed by atoms with Crippen LogP contribution in [0.15, 0.2) is 54.6 Å². The van der Waals surface area contributed by atoms with E-state index in [2.05, 4.69) is 25.2 Å². The minimum atomic E-state index is -1.26. The number of amides is 2. The number of hydrogen-bond acceptors (Lipinski definition) is 4. The van der Waals surface area contributed by atoms with Crippen LogP contribution < -0.4 is 5.32 Å². The number of hydrogen-bond donors (Lipinski definition) is 1. The molecular weight excluding hydrogens is 519 g/mol. The molecule has 1 N–H and O–H groups in total. The molecule has 41 heavy (non-hydrogen) atoms. The molecule has 2 aromatic carbocycles. The van der Waals surface area contributed by atoms with Crippen LogP contribution in [0.2, 0.25) is 0 Å². The van der Waals surface area contributed by atoms with E-state index in [1.807, 2.05) is 38.1 Å². The molecule has 2 saturated heterocycles. The van der Waals surface area contributed by atoms with E-state index in [4.69, 9.17) is 4.74 Å².